The second-order valence-electron chi connectivity index (χ2n) is 7.16. The third kappa shape index (κ3) is 4.62. The summed E-state index contributed by atoms with van der Waals surface area (Å²) >= 11 is 12.3. The zero-order chi connectivity index (χ0) is 24.2. The Kier molecular flexibility index (Phi) is 6.86. The first-order chi connectivity index (χ1) is 16.4. The van der Waals surface area contributed by atoms with Gasteiger partial charge in [0.05, 0.1) is 35.3 Å². The summed E-state index contributed by atoms with van der Waals surface area (Å²) in [7, 11) is 1.16. The number of ether oxygens (including phenoxy) is 2. The number of carbonyl (C=O) groups excluding carboxylic acids is 2. The van der Waals surface area contributed by atoms with Crippen LogP contribution in [0.1, 0.15) is 15.9 Å². The summed E-state index contributed by atoms with van der Waals surface area (Å²) in [6.07, 6.45) is -1.02. The number of aromatic nitrogens is 1. The lowest BCUT2D eigenvalue weighted by molar-refractivity contribution is 0.0950. The van der Waals surface area contributed by atoms with Crippen molar-refractivity contribution in [2.24, 2.45) is 0 Å². The number of pyridine rings is 1. The highest BCUT2D eigenvalue weighted by Gasteiger charge is 2.23. The molecule has 172 valence electrons. The average Bonchev–Trinajstić information content (AvgIpc) is 2.84. The third-order valence-electron chi connectivity index (χ3n) is 5.09. The molecular formula is C25H18Cl2N2O5. The van der Waals surface area contributed by atoms with Crippen molar-refractivity contribution in [3.63, 3.8) is 0 Å². The van der Waals surface area contributed by atoms with Gasteiger partial charge in [0.15, 0.2) is 5.43 Å². The molecule has 0 fully saturated rings. The SMILES string of the molecule is COC(=O)Oc1c(CNC(=O)c2ccccc2Cl)c(=O)c2ccc(Cl)cc2n1-c1ccccc1. The molecule has 0 aliphatic rings. The Morgan fingerprint density at radius 1 is 0.971 bits per heavy atom. The number of carbonyl (C=O) groups is 2. The van der Waals surface area contributed by atoms with Crippen molar-refractivity contribution in [3.05, 3.63) is 104 Å². The van der Waals surface area contributed by atoms with Gasteiger partial charge < -0.3 is 14.8 Å². The highest BCUT2D eigenvalue weighted by molar-refractivity contribution is 6.33. The van der Waals surface area contributed by atoms with Crippen LogP contribution in [0.4, 0.5) is 4.79 Å². The summed E-state index contributed by atoms with van der Waals surface area (Å²) < 4.78 is 11.7. The van der Waals surface area contributed by atoms with Gasteiger partial charge >= 0.3 is 6.16 Å². The van der Waals surface area contributed by atoms with Crippen molar-refractivity contribution >= 4 is 46.2 Å². The lowest BCUT2D eigenvalue weighted by atomic mass is 10.1. The molecule has 0 bridgehead atoms. The lowest BCUT2D eigenvalue weighted by Crippen LogP contribution is -2.29. The Hall–Kier alpha value is -3.81. The fourth-order valence-electron chi connectivity index (χ4n) is 3.51. The number of methoxy groups -OCH3 is 1. The van der Waals surface area contributed by atoms with Gasteiger partial charge in [0.25, 0.3) is 5.91 Å². The smallest absolute Gasteiger partial charge is 0.437 e. The molecule has 1 heterocycles. The number of hydrogen-bond donors (Lipinski definition) is 1. The number of benzene rings is 3. The van der Waals surface area contributed by atoms with Crippen molar-refractivity contribution < 1.29 is 19.1 Å². The molecule has 0 unspecified atom stereocenters. The number of rotatable bonds is 5. The van der Waals surface area contributed by atoms with Crippen LogP contribution in [-0.2, 0) is 11.3 Å². The van der Waals surface area contributed by atoms with Crippen LogP contribution < -0.4 is 15.5 Å². The van der Waals surface area contributed by atoms with E-state index in [9.17, 15) is 14.4 Å². The molecule has 1 N–H and O–H groups in total. The van der Waals surface area contributed by atoms with Gasteiger partial charge in [0.2, 0.25) is 5.88 Å². The molecule has 3 aromatic carbocycles. The molecule has 0 saturated carbocycles. The predicted octanol–water partition coefficient (Wildman–Crippen LogP) is 5.37. The van der Waals surface area contributed by atoms with Crippen molar-refractivity contribution in [1.29, 1.82) is 0 Å². The van der Waals surface area contributed by atoms with E-state index in [1.165, 1.54) is 0 Å². The Morgan fingerprint density at radius 2 is 1.68 bits per heavy atom. The van der Waals surface area contributed by atoms with E-state index in [2.05, 4.69) is 10.1 Å². The van der Waals surface area contributed by atoms with E-state index in [1.54, 1.807) is 71.3 Å². The molecule has 0 spiro atoms. The van der Waals surface area contributed by atoms with Crippen LogP contribution in [-0.4, -0.2) is 23.7 Å². The summed E-state index contributed by atoms with van der Waals surface area (Å²) in [6.45, 7) is -0.235. The van der Waals surface area contributed by atoms with E-state index < -0.39 is 17.5 Å². The number of nitrogens with zero attached hydrogens (tertiary/aromatic N) is 1. The van der Waals surface area contributed by atoms with Crippen LogP contribution in [0.5, 0.6) is 5.88 Å². The Morgan fingerprint density at radius 3 is 2.38 bits per heavy atom. The summed E-state index contributed by atoms with van der Waals surface area (Å²) in [4.78, 5) is 38.4. The largest absolute Gasteiger partial charge is 0.514 e. The maximum atomic E-state index is 13.5. The van der Waals surface area contributed by atoms with Crippen LogP contribution in [0.15, 0.2) is 77.6 Å². The molecule has 4 rings (SSSR count). The quantitative estimate of drug-likeness (QED) is 0.375. The first kappa shape index (κ1) is 23.4. The van der Waals surface area contributed by atoms with E-state index in [0.29, 0.717) is 21.6 Å². The van der Waals surface area contributed by atoms with Gasteiger partial charge in [-0.15, -0.1) is 0 Å². The maximum absolute atomic E-state index is 13.5. The number of halogens is 2. The maximum Gasteiger partial charge on any atom is 0.514 e. The molecule has 1 amide bonds. The molecule has 0 saturated heterocycles. The second kappa shape index (κ2) is 9.99. The fraction of sp³-hybridized carbons (Fsp3) is 0.0800. The number of nitrogens with one attached hydrogen (secondary N) is 1. The van der Waals surface area contributed by atoms with Crippen LogP contribution in [0, 0.1) is 0 Å². The van der Waals surface area contributed by atoms with Gasteiger partial charge in [-0.25, -0.2) is 4.79 Å². The highest BCUT2D eigenvalue weighted by Crippen LogP contribution is 2.29. The van der Waals surface area contributed by atoms with E-state index in [1.807, 2.05) is 6.07 Å². The van der Waals surface area contributed by atoms with Crippen molar-refractivity contribution in [2.75, 3.05) is 7.11 Å². The number of para-hydroxylation sites is 1. The van der Waals surface area contributed by atoms with Crippen molar-refractivity contribution in [1.82, 2.24) is 9.88 Å². The monoisotopic (exact) mass is 496 g/mol. The summed E-state index contributed by atoms with van der Waals surface area (Å²) in [5.74, 6) is -0.589. The zero-order valence-corrected chi connectivity index (χ0v) is 19.4. The van der Waals surface area contributed by atoms with Crippen LogP contribution in [0.2, 0.25) is 10.0 Å². The molecule has 0 aliphatic heterocycles. The molecule has 1 aromatic heterocycles. The lowest BCUT2D eigenvalue weighted by Gasteiger charge is -2.20. The molecule has 7 nitrogen and oxygen atoms in total. The third-order valence-corrected chi connectivity index (χ3v) is 5.65. The van der Waals surface area contributed by atoms with Crippen LogP contribution >= 0.6 is 23.2 Å². The van der Waals surface area contributed by atoms with Crippen LogP contribution in [0.25, 0.3) is 16.6 Å². The fourth-order valence-corrected chi connectivity index (χ4v) is 3.90. The van der Waals surface area contributed by atoms with Crippen molar-refractivity contribution in [3.8, 4) is 11.6 Å². The molecule has 34 heavy (non-hydrogen) atoms. The second-order valence-corrected chi connectivity index (χ2v) is 8.01. The normalized spacial score (nSPS) is 10.7. The minimum absolute atomic E-state index is 0.0458. The minimum Gasteiger partial charge on any atom is -0.437 e. The summed E-state index contributed by atoms with van der Waals surface area (Å²) in [5.41, 5.74) is 0.883. The van der Waals surface area contributed by atoms with Gasteiger partial charge in [-0.1, -0.05) is 53.5 Å². The Labute approximate surface area is 204 Å². The van der Waals surface area contributed by atoms with Gasteiger partial charge in [-0.05, 0) is 42.5 Å². The minimum atomic E-state index is -1.02. The molecule has 4 aromatic rings. The summed E-state index contributed by atoms with van der Waals surface area (Å²) in [6, 6.07) is 20.3. The van der Waals surface area contributed by atoms with Crippen molar-refractivity contribution in [2.45, 2.75) is 6.54 Å². The molecule has 0 atom stereocenters. The molecular weight excluding hydrogens is 479 g/mol. The van der Waals surface area contributed by atoms with E-state index in [0.717, 1.165) is 7.11 Å². The number of hydrogen-bond acceptors (Lipinski definition) is 5. The predicted molar refractivity (Wildman–Crippen MR) is 130 cm³/mol. The van der Waals surface area contributed by atoms with Gasteiger partial charge in [0.1, 0.15) is 0 Å². The molecule has 0 aliphatic carbocycles. The molecule has 9 heteroatoms. The highest BCUT2D eigenvalue weighted by atomic mass is 35.5. The standard InChI is InChI=1S/C25H18Cl2N2O5/c1-33-25(32)34-24-19(14-28-23(31)17-9-5-6-10-20(17)27)22(30)18-12-11-15(26)13-21(18)29(24)16-7-3-2-4-8-16/h2-13H,14H2,1H3,(H,28,31). The van der Waals surface area contributed by atoms with Gasteiger partial charge in [-0.2, -0.15) is 0 Å². The number of amides is 1. The topological polar surface area (TPSA) is 86.6 Å². The van der Waals surface area contributed by atoms with E-state index in [4.69, 9.17) is 27.9 Å². The van der Waals surface area contributed by atoms with E-state index >= 15 is 0 Å². The molecule has 0 radical (unpaired) electrons. The average molecular weight is 497 g/mol. The number of fused-ring (bicyclic) bond motifs is 1. The summed E-state index contributed by atoms with van der Waals surface area (Å²) in [5, 5.41) is 3.67. The van der Waals surface area contributed by atoms with Gasteiger partial charge in [0, 0.05) is 16.1 Å². The Balaban J connectivity index is 1.92. The zero-order valence-electron chi connectivity index (χ0n) is 17.9. The first-order valence-electron chi connectivity index (χ1n) is 10.1. The Bertz CT molecular complexity index is 1450. The van der Waals surface area contributed by atoms with Gasteiger partial charge in [-0.3, -0.25) is 14.2 Å². The first-order valence-corrected chi connectivity index (χ1v) is 10.9. The van der Waals surface area contributed by atoms with Crippen LogP contribution in [0.3, 0.4) is 0 Å². The van der Waals surface area contributed by atoms with E-state index in [-0.39, 0.29) is 28.6 Å².